The average molecular weight is 550 g/mol. The maximum atomic E-state index is 14.4. The number of rotatable bonds is 7. The first-order valence-corrected chi connectivity index (χ1v) is 9.59. The Labute approximate surface area is 186 Å². The number of halogens is 15. The van der Waals surface area contributed by atoms with Crippen LogP contribution in [0.25, 0.3) is 0 Å². The molecule has 0 aliphatic heterocycles. The molecule has 0 spiro atoms. The molecule has 2 saturated carbocycles. The van der Waals surface area contributed by atoms with Crippen LogP contribution in [0.4, 0.5) is 65.9 Å². The van der Waals surface area contributed by atoms with E-state index in [1.165, 1.54) is 20.8 Å². The summed E-state index contributed by atoms with van der Waals surface area (Å²) in [5, 5.41) is 10.3. The summed E-state index contributed by atoms with van der Waals surface area (Å²) in [4.78, 5) is 12.2. The van der Waals surface area contributed by atoms with Gasteiger partial charge in [-0.1, -0.05) is 20.8 Å². The van der Waals surface area contributed by atoms with E-state index >= 15 is 0 Å². The molecule has 0 aromatic carbocycles. The first-order chi connectivity index (χ1) is 15.0. The zero-order valence-corrected chi connectivity index (χ0v) is 17.7. The van der Waals surface area contributed by atoms with Crippen LogP contribution in [-0.4, -0.2) is 58.7 Å². The Hall–Kier alpha value is -1.42. The number of hydrogen-bond acceptors (Lipinski definition) is 2. The van der Waals surface area contributed by atoms with Gasteiger partial charge in [-0.25, -0.2) is 0 Å². The minimum atomic E-state index is -8.45. The Kier molecular flexibility index (Phi) is 6.24. The summed E-state index contributed by atoms with van der Waals surface area (Å²) in [7, 11) is 0. The van der Waals surface area contributed by atoms with E-state index in [-0.39, 0.29) is 12.8 Å². The van der Waals surface area contributed by atoms with Gasteiger partial charge < -0.3 is 5.11 Å². The van der Waals surface area contributed by atoms with Crippen molar-refractivity contribution in [2.24, 2.45) is 22.7 Å². The number of Topliss-reactive ketones (excluding diaryl/α,β-unsaturated/α-hetero) is 1. The molecule has 2 bridgehead atoms. The Balaban J connectivity index is 2.58. The standard InChI is InChI=1S/C18H17F15O2/c1-10(2)6-4-5-11(10,3)8(34)7(6)9(35)12(19,20)13(21,22)14(23,24)15(25,26)16(27,28)17(29,30)18(31,32)33/h6-8,34H,4-5H2,1-3H3. The molecule has 0 amide bonds. The third-order valence-corrected chi connectivity index (χ3v) is 7.74. The maximum Gasteiger partial charge on any atom is 0.460 e. The molecule has 0 heterocycles. The topological polar surface area (TPSA) is 37.3 Å². The van der Waals surface area contributed by atoms with E-state index < -0.39 is 76.3 Å². The van der Waals surface area contributed by atoms with Gasteiger partial charge in [0.1, 0.15) is 0 Å². The first-order valence-electron chi connectivity index (χ1n) is 9.59. The van der Waals surface area contributed by atoms with Gasteiger partial charge in [0.25, 0.3) is 0 Å². The predicted molar refractivity (Wildman–Crippen MR) is 84.9 cm³/mol. The molecule has 2 fully saturated rings. The monoisotopic (exact) mass is 550 g/mol. The number of aliphatic hydroxyl groups is 1. The van der Waals surface area contributed by atoms with Gasteiger partial charge in [0.2, 0.25) is 5.78 Å². The number of hydrogen-bond donors (Lipinski definition) is 1. The SMILES string of the molecule is CC1(C)C2CCC1(C)C(O)C2C(=O)C(F)(F)C(F)(F)C(F)(F)C(F)(F)C(F)(F)C(F)(F)C(F)(F)F. The zero-order valence-electron chi connectivity index (χ0n) is 17.7. The summed E-state index contributed by atoms with van der Waals surface area (Å²) in [6, 6.07) is 0. The number of carbonyl (C=O) groups excluding carboxylic acids is 1. The molecule has 17 heteroatoms. The van der Waals surface area contributed by atoms with Crippen LogP contribution in [0.5, 0.6) is 0 Å². The smallest absolute Gasteiger partial charge is 0.392 e. The Morgan fingerprint density at radius 1 is 0.686 bits per heavy atom. The number of fused-ring (bicyclic) bond motifs is 2. The van der Waals surface area contributed by atoms with Crippen LogP contribution in [0.15, 0.2) is 0 Å². The highest BCUT2D eigenvalue weighted by Crippen LogP contribution is 2.69. The van der Waals surface area contributed by atoms with Gasteiger partial charge in [-0.2, -0.15) is 65.9 Å². The van der Waals surface area contributed by atoms with Crippen molar-refractivity contribution in [1.82, 2.24) is 0 Å². The van der Waals surface area contributed by atoms with E-state index in [4.69, 9.17) is 0 Å². The van der Waals surface area contributed by atoms with Crippen molar-refractivity contribution in [3.63, 3.8) is 0 Å². The molecule has 4 unspecified atom stereocenters. The van der Waals surface area contributed by atoms with E-state index in [2.05, 4.69) is 0 Å². The Morgan fingerprint density at radius 2 is 1.06 bits per heavy atom. The van der Waals surface area contributed by atoms with Crippen LogP contribution in [0.1, 0.15) is 33.6 Å². The first kappa shape index (κ1) is 29.8. The van der Waals surface area contributed by atoms with E-state index in [1.54, 1.807) is 0 Å². The summed E-state index contributed by atoms with van der Waals surface area (Å²) in [5.41, 5.74) is -2.70. The molecular formula is C18H17F15O2. The van der Waals surface area contributed by atoms with Crippen molar-refractivity contribution in [3.05, 3.63) is 0 Å². The number of aliphatic hydroxyl groups excluding tert-OH is 1. The van der Waals surface area contributed by atoms with Crippen molar-refractivity contribution in [1.29, 1.82) is 0 Å². The van der Waals surface area contributed by atoms with Crippen LogP contribution < -0.4 is 0 Å². The second kappa shape index (κ2) is 7.33. The maximum absolute atomic E-state index is 14.4. The van der Waals surface area contributed by atoms with Gasteiger partial charge in [0.05, 0.1) is 12.0 Å². The summed E-state index contributed by atoms with van der Waals surface area (Å²) < 4.78 is 201. The van der Waals surface area contributed by atoms with Crippen molar-refractivity contribution in [2.45, 2.75) is 81.4 Å². The number of carbonyl (C=O) groups is 1. The molecule has 4 atom stereocenters. The number of ketones is 1. The molecule has 0 saturated heterocycles. The number of alkyl halides is 15. The van der Waals surface area contributed by atoms with Crippen molar-refractivity contribution in [3.8, 4) is 0 Å². The molecule has 2 aliphatic carbocycles. The quantitative estimate of drug-likeness (QED) is 0.375. The van der Waals surface area contributed by atoms with Gasteiger partial charge in [-0.3, -0.25) is 4.79 Å². The third-order valence-electron chi connectivity index (χ3n) is 7.74. The van der Waals surface area contributed by atoms with E-state index in [1.807, 2.05) is 0 Å². The van der Waals surface area contributed by atoms with Crippen LogP contribution in [0.3, 0.4) is 0 Å². The van der Waals surface area contributed by atoms with Crippen molar-refractivity contribution >= 4 is 5.78 Å². The van der Waals surface area contributed by atoms with Crippen LogP contribution in [-0.2, 0) is 4.79 Å². The van der Waals surface area contributed by atoms with Crippen LogP contribution >= 0.6 is 0 Å². The van der Waals surface area contributed by atoms with Gasteiger partial charge in [0.15, 0.2) is 0 Å². The molecule has 35 heavy (non-hydrogen) atoms. The fourth-order valence-corrected chi connectivity index (χ4v) is 4.99. The molecule has 0 radical (unpaired) electrons. The highest BCUT2D eigenvalue weighted by Gasteiger charge is 2.94. The molecule has 0 aromatic heterocycles. The van der Waals surface area contributed by atoms with Gasteiger partial charge >= 0.3 is 41.7 Å². The molecule has 2 nitrogen and oxygen atoms in total. The minimum absolute atomic E-state index is 0.0323. The van der Waals surface area contributed by atoms with Gasteiger partial charge in [-0.15, -0.1) is 0 Å². The van der Waals surface area contributed by atoms with Crippen LogP contribution in [0, 0.1) is 22.7 Å². The summed E-state index contributed by atoms with van der Waals surface area (Å²) >= 11 is 0. The van der Waals surface area contributed by atoms with Gasteiger partial charge in [0, 0.05) is 0 Å². The molecule has 206 valence electrons. The fourth-order valence-electron chi connectivity index (χ4n) is 4.99. The lowest BCUT2D eigenvalue weighted by Gasteiger charge is -2.42. The third kappa shape index (κ3) is 3.20. The second-order valence-electron chi connectivity index (χ2n) is 9.56. The highest BCUT2D eigenvalue weighted by atomic mass is 19.4. The average Bonchev–Trinajstić information content (AvgIpc) is 2.98. The van der Waals surface area contributed by atoms with Crippen LogP contribution in [0.2, 0.25) is 0 Å². The highest BCUT2D eigenvalue weighted by molar-refractivity contribution is 5.90. The molecule has 0 aromatic rings. The zero-order chi connectivity index (χ0) is 28.2. The van der Waals surface area contributed by atoms with Gasteiger partial charge in [-0.05, 0) is 29.6 Å². The summed E-state index contributed by atoms with van der Waals surface area (Å²) in [5.74, 6) is -55.4. The summed E-state index contributed by atoms with van der Waals surface area (Å²) in [6.45, 7) is 3.81. The Bertz CT molecular complexity index is 876. The van der Waals surface area contributed by atoms with E-state index in [0.717, 1.165) is 0 Å². The second-order valence-corrected chi connectivity index (χ2v) is 9.56. The lowest BCUT2D eigenvalue weighted by molar-refractivity contribution is -0.449. The minimum Gasteiger partial charge on any atom is -0.392 e. The lowest BCUT2D eigenvalue weighted by atomic mass is 9.70. The fraction of sp³-hybridized carbons (Fsp3) is 0.944. The largest absolute Gasteiger partial charge is 0.460 e. The molecule has 2 rings (SSSR count). The van der Waals surface area contributed by atoms with E-state index in [9.17, 15) is 75.8 Å². The predicted octanol–water partition coefficient (Wildman–Crippen LogP) is 6.36. The van der Waals surface area contributed by atoms with Crippen molar-refractivity contribution < 1.29 is 75.8 Å². The normalized spacial score (nSPS) is 30.7. The molecule has 2 aliphatic rings. The lowest BCUT2D eigenvalue weighted by Crippen LogP contribution is -2.73. The molecule has 1 N–H and O–H groups in total. The van der Waals surface area contributed by atoms with Crippen molar-refractivity contribution in [2.75, 3.05) is 0 Å². The van der Waals surface area contributed by atoms with E-state index in [0.29, 0.717) is 0 Å². The summed E-state index contributed by atoms with van der Waals surface area (Å²) in [6.07, 6.45) is -10.1. The molecular weight excluding hydrogens is 533 g/mol. The Morgan fingerprint density at radius 3 is 1.40 bits per heavy atom.